The molecule has 0 unspecified atom stereocenters. The van der Waals surface area contributed by atoms with Crippen molar-refractivity contribution in [1.82, 2.24) is 20.1 Å². The number of hydrogen-bond acceptors (Lipinski definition) is 3. The highest BCUT2D eigenvalue weighted by molar-refractivity contribution is 4.91. The lowest BCUT2D eigenvalue weighted by Crippen LogP contribution is -2.36. The zero-order valence-corrected chi connectivity index (χ0v) is 11.2. The number of hydrogen-bond donors (Lipinski definition) is 1. The SMILES string of the molecule is CC(C)(C)NCc1nncn1C1CCCCC1. The number of aromatic nitrogens is 3. The minimum atomic E-state index is 0.128. The molecule has 0 spiro atoms. The molecule has 2 rings (SSSR count). The molecule has 0 atom stereocenters. The molecule has 0 amide bonds. The van der Waals surface area contributed by atoms with Gasteiger partial charge in [0.25, 0.3) is 0 Å². The lowest BCUT2D eigenvalue weighted by atomic mass is 9.95. The summed E-state index contributed by atoms with van der Waals surface area (Å²) in [4.78, 5) is 0. The molecule has 1 heterocycles. The lowest BCUT2D eigenvalue weighted by Gasteiger charge is -2.25. The van der Waals surface area contributed by atoms with Crippen LogP contribution < -0.4 is 5.32 Å². The first-order valence-corrected chi connectivity index (χ1v) is 6.70. The predicted octanol–water partition coefficient (Wildman–Crippen LogP) is 2.67. The maximum atomic E-state index is 4.24. The molecule has 96 valence electrons. The monoisotopic (exact) mass is 236 g/mol. The van der Waals surface area contributed by atoms with Crippen LogP contribution in [-0.2, 0) is 6.54 Å². The van der Waals surface area contributed by atoms with Gasteiger partial charge in [-0.1, -0.05) is 19.3 Å². The van der Waals surface area contributed by atoms with Gasteiger partial charge in [0.1, 0.15) is 12.2 Å². The van der Waals surface area contributed by atoms with Gasteiger partial charge in [0, 0.05) is 11.6 Å². The van der Waals surface area contributed by atoms with E-state index in [0.717, 1.165) is 12.4 Å². The third-order valence-electron chi connectivity index (χ3n) is 3.39. The number of nitrogens with one attached hydrogen (secondary N) is 1. The Morgan fingerprint density at radius 3 is 2.65 bits per heavy atom. The summed E-state index contributed by atoms with van der Waals surface area (Å²) in [6.07, 6.45) is 8.52. The normalized spacial score (nSPS) is 18.5. The van der Waals surface area contributed by atoms with Gasteiger partial charge in [-0.2, -0.15) is 0 Å². The summed E-state index contributed by atoms with van der Waals surface area (Å²) in [5, 5.41) is 11.8. The van der Waals surface area contributed by atoms with E-state index in [1.807, 2.05) is 6.33 Å². The van der Waals surface area contributed by atoms with E-state index in [-0.39, 0.29) is 5.54 Å². The summed E-state index contributed by atoms with van der Waals surface area (Å²) in [5.74, 6) is 1.08. The quantitative estimate of drug-likeness (QED) is 0.877. The molecule has 1 aliphatic rings. The Kier molecular flexibility index (Phi) is 3.82. The molecule has 1 N–H and O–H groups in total. The van der Waals surface area contributed by atoms with Gasteiger partial charge in [-0.05, 0) is 33.6 Å². The maximum absolute atomic E-state index is 4.24. The van der Waals surface area contributed by atoms with E-state index in [0.29, 0.717) is 6.04 Å². The predicted molar refractivity (Wildman–Crippen MR) is 68.7 cm³/mol. The Morgan fingerprint density at radius 1 is 1.29 bits per heavy atom. The highest BCUT2D eigenvalue weighted by Gasteiger charge is 2.19. The Balaban J connectivity index is 2.00. The zero-order chi connectivity index (χ0) is 12.3. The summed E-state index contributed by atoms with van der Waals surface area (Å²) >= 11 is 0. The Bertz CT molecular complexity index is 345. The van der Waals surface area contributed by atoms with Crippen LogP contribution in [0.15, 0.2) is 6.33 Å². The fourth-order valence-electron chi connectivity index (χ4n) is 2.40. The molecule has 4 nitrogen and oxygen atoms in total. The van der Waals surface area contributed by atoms with Gasteiger partial charge in [-0.3, -0.25) is 0 Å². The largest absolute Gasteiger partial charge is 0.313 e. The van der Waals surface area contributed by atoms with Gasteiger partial charge in [-0.15, -0.1) is 10.2 Å². The average molecular weight is 236 g/mol. The van der Waals surface area contributed by atoms with E-state index < -0.39 is 0 Å². The lowest BCUT2D eigenvalue weighted by molar-refractivity contribution is 0.335. The van der Waals surface area contributed by atoms with Gasteiger partial charge in [0.2, 0.25) is 0 Å². The molecular formula is C13H24N4. The third kappa shape index (κ3) is 3.53. The molecule has 1 aliphatic carbocycles. The molecule has 0 saturated heterocycles. The molecule has 1 saturated carbocycles. The Hall–Kier alpha value is -0.900. The minimum Gasteiger partial charge on any atom is -0.313 e. The van der Waals surface area contributed by atoms with E-state index in [9.17, 15) is 0 Å². The van der Waals surface area contributed by atoms with Crippen molar-refractivity contribution in [3.63, 3.8) is 0 Å². The van der Waals surface area contributed by atoms with E-state index in [1.54, 1.807) is 0 Å². The van der Waals surface area contributed by atoms with Crippen molar-refractivity contribution in [1.29, 1.82) is 0 Å². The van der Waals surface area contributed by atoms with Gasteiger partial charge >= 0.3 is 0 Å². The van der Waals surface area contributed by atoms with E-state index in [2.05, 4.69) is 40.9 Å². The van der Waals surface area contributed by atoms with Gasteiger partial charge in [0.15, 0.2) is 0 Å². The van der Waals surface area contributed by atoms with Crippen LogP contribution in [0.4, 0.5) is 0 Å². The number of nitrogens with zero attached hydrogens (tertiary/aromatic N) is 3. The van der Waals surface area contributed by atoms with Gasteiger partial charge < -0.3 is 9.88 Å². The summed E-state index contributed by atoms with van der Waals surface area (Å²) in [6, 6.07) is 0.621. The van der Waals surface area contributed by atoms with Crippen molar-refractivity contribution in [3.8, 4) is 0 Å². The van der Waals surface area contributed by atoms with Crippen LogP contribution in [0, 0.1) is 0 Å². The van der Waals surface area contributed by atoms with Crippen molar-refractivity contribution in [3.05, 3.63) is 12.2 Å². The molecule has 1 aromatic rings. The fraction of sp³-hybridized carbons (Fsp3) is 0.846. The average Bonchev–Trinajstić information content (AvgIpc) is 2.75. The van der Waals surface area contributed by atoms with Crippen molar-refractivity contribution in [2.75, 3.05) is 0 Å². The highest BCUT2D eigenvalue weighted by Crippen LogP contribution is 2.28. The van der Waals surface area contributed by atoms with Crippen LogP contribution in [0.3, 0.4) is 0 Å². The number of rotatable bonds is 3. The van der Waals surface area contributed by atoms with Crippen molar-refractivity contribution < 1.29 is 0 Å². The highest BCUT2D eigenvalue weighted by atomic mass is 15.3. The Labute approximate surface area is 104 Å². The standard InChI is InChI=1S/C13H24N4/c1-13(2,3)14-9-12-16-15-10-17(12)11-7-5-4-6-8-11/h10-11,14H,4-9H2,1-3H3. The van der Waals surface area contributed by atoms with E-state index in [1.165, 1.54) is 32.1 Å². The molecule has 0 radical (unpaired) electrons. The van der Waals surface area contributed by atoms with Gasteiger partial charge in [-0.25, -0.2) is 0 Å². The molecule has 17 heavy (non-hydrogen) atoms. The second kappa shape index (κ2) is 5.17. The first-order valence-electron chi connectivity index (χ1n) is 6.70. The Morgan fingerprint density at radius 2 is 2.00 bits per heavy atom. The van der Waals surface area contributed by atoms with E-state index in [4.69, 9.17) is 0 Å². The summed E-state index contributed by atoms with van der Waals surface area (Å²) in [6.45, 7) is 7.33. The fourth-order valence-corrected chi connectivity index (χ4v) is 2.40. The molecule has 0 aromatic carbocycles. The van der Waals surface area contributed by atoms with Crippen LogP contribution in [0.2, 0.25) is 0 Å². The summed E-state index contributed by atoms with van der Waals surface area (Å²) in [5.41, 5.74) is 0.128. The maximum Gasteiger partial charge on any atom is 0.147 e. The summed E-state index contributed by atoms with van der Waals surface area (Å²) in [7, 11) is 0. The second-order valence-corrected chi connectivity index (χ2v) is 6.05. The van der Waals surface area contributed by atoms with Crippen molar-refractivity contribution in [2.45, 2.75) is 71.0 Å². The minimum absolute atomic E-state index is 0.128. The molecular weight excluding hydrogens is 212 g/mol. The van der Waals surface area contributed by atoms with Crippen LogP contribution in [0.5, 0.6) is 0 Å². The smallest absolute Gasteiger partial charge is 0.147 e. The van der Waals surface area contributed by atoms with Crippen LogP contribution in [0.25, 0.3) is 0 Å². The zero-order valence-electron chi connectivity index (χ0n) is 11.2. The first-order chi connectivity index (χ1) is 8.06. The van der Waals surface area contributed by atoms with Crippen LogP contribution in [0.1, 0.15) is 64.7 Å². The van der Waals surface area contributed by atoms with E-state index >= 15 is 0 Å². The third-order valence-corrected chi connectivity index (χ3v) is 3.39. The molecule has 1 aromatic heterocycles. The van der Waals surface area contributed by atoms with Crippen molar-refractivity contribution in [2.24, 2.45) is 0 Å². The summed E-state index contributed by atoms with van der Waals surface area (Å²) < 4.78 is 2.28. The molecule has 0 aliphatic heterocycles. The van der Waals surface area contributed by atoms with Crippen LogP contribution in [-0.4, -0.2) is 20.3 Å². The van der Waals surface area contributed by atoms with Gasteiger partial charge in [0.05, 0.1) is 6.54 Å². The molecule has 4 heteroatoms. The second-order valence-electron chi connectivity index (χ2n) is 6.05. The van der Waals surface area contributed by atoms with Crippen LogP contribution >= 0.6 is 0 Å². The topological polar surface area (TPSA) is 42.7 Å². The molecule has 0 bridgehead atoms. The first kappa shape index (κ1) is 12.6. The molecule has 1 fully saturated rings. The van der Waals surface area contributed by atoms with Crippen molar-refractivity contribution >= 4 is 0 Å².